The maximum atomic E-state index is 9.12. The molecular formula is C10H9N3Se4. The number of benzene rings is 1. The van der Waals surface area contributed by atoms with Gasteiger partial charge in [-0.3, -0.25) is 0 Å². The van der Waals surface area contributed by atoms with E-state index in [1.807, 2.05) is 0 Å². The quantitative estimate of drug-likeness (QED) is 0.301. The Morgan fingerprint density at radius 3 is 2.47 bits per heavy atom. The molecule has 2 rings (SSSR count). The molecule has 0 saturated heterocycles. The van der Waals surface area contributed by atoms with E-state index in [2.05, 4.69) is 76.2 Å². The summed E-state index contributed by atoms with van der Waals surface area (Å²) in [6, 6.07) is 4.27. The van der Waals surface area contributed by atoms with Crippen LogP contribution in [0.1, 0.15) is 11.1 Å². The Morgan fingerprint density at radius 2 is 1.88 bits per heavy atom. The van der Waals surface area contributed by atoms with E-state index in [-0.39, 0.29) is 0 Å². The van der Waals surface area contributed by atoms with E-state index in [0.717, 1.165) is 20.1 Å². The van der Waals surface area contributed by atoms with Crippen LogP contribution in [0.3, 0.4) is 0 Å². The Balaban J connectivity index is 2.78. The van der Waals surface area contributed by atoms with Gasteiger partial charge >= 0.3 is 134 Å². The first kappa shape index (κ1) is 13.7. The fraction of sp³-hybridized carbons (Fsp3) is 0.100. The number of nitriles is 1. The zero-order chi connectivity index (χ0) is 12.7. The summed E-state index contributed by atoms with van der Waals surface area (Å²) in [6.07, 6.45) is 0. The van der Waals surface area contributed by atoms with E-state index >= 15 is 0 Å². The van der Waals surface area contributed by atoms with Crippen molar-refractivity contribution in [2.75, 3.05) is 0 Å². The van der Waals surface area contributed by atoms with Crippen LogP contribution >= 0.6 is 0 Å². The van der Waals surface area contributed by atoms with E-state index in [0.29, 0.717) is 12.2 Å². The van der Waals surface area contributed by atoms with E-state index in [9.17, 15) is 0 Å². The molecule has 1 aromatic carbocycles. The Morgan fingerprint density at radius 1 is 1.24 bits per heavy atom. The molecule has 0 amide bonds. The molecule has 0 saturated carbocycles. The van der Waals surface area contributed by atoms with Gasteiger partial charge in [0.05, 0.1) is 0 Å². The van der Waals surface area contributed by atoms with Crippen molar-refractivity contribution in [1.82, 2.24) is 5.01 Å². The standard InChI is InChI=1S/C10H9N3Se4/c11-2-5-8(15)7-4(3-13(5)12)1-6(14)9(16)10(7)17/h1,14-17H,3,12H2. The predicted octanol–water partition coefficient (Wildman–Crippen LogP) is -3.95. The Kier molecular flexibility index (Phi) is 4.12. The molecule has 7 heteroatoms. The number of nitrogens with zero attached hydrogens (tertiary/aromatic N) is 2. The third kappa shape index (κ3) is 2.27. The fourth-order valence-corrected chi connectivity index (χ4v) is 5.18. The van der Waals surface area contributed by atoms with Gasteiger partial charge in [-0.05, 0) is 0 Å². The van der Waals surface area contributed by atoms with Crippen LogP contribution in [0.25, 0.3) is 4.47 Å². The minimum atomic E-state index is 0.523. The molecule has 1 heterocycles. The van der Waals surface area contributed by atoms with Gasteiger partial charge in [0.1, 0.15) is 0 Å². The van der Waals surface area contributed by atoms with Gasteiger partial charge in [-0.1, -0.05) is 0 Å². The summed E-state index contributed by atoms with van der Waals surface area (Å²) in [4.78, 5) is 0. The number of fused-ring (bicyclic) bond motifs is 1. The Hall–Kier alpha value is 0.288. The van der Waals surface area contributed by atoms with Crippen molar-refractivity contribution in [3.63, 3.8) is 0 Å². The average molecular weight is 487 g/mol. The van der Waals surface area contributed by atoms with E-state index < -0.39 is 0 Å². The molecule has 1 aliphatic heterocycles. The number of rotatable bonds is 0. The molecule has 0 spiro atoms. The third-order valence-electron chi connectivity index (χ3n) is 2.53. The monoisotopic (exact) mass is 491 g/mol. The summed E-state index contributed by atoms with van der Waals surface area (Å²) in [5.41, 5.74) is 2.80. The summed E-state index contributed by atoms with van der Waals surface area (Å²) >= 11 is 10.2. The number of hydrazine groups is 1. The molecular weight excluding hydrogens is 478 g/mol. The molecule has 0 radical (unpaired) electrons. The second kappa shape index (κ2) is 5.11. The van der Waals surface area contributed by atoms with Crippen molar-refractivity contribution in [2.24, 2.45) is 5.84 Å². The first-order valence-corrected chi connectivity index (χ1v) is 8.35. The van der Waals surface area contributed by atoms with Crippen LogP contribution in [0, 0.1) is 11.3 Å². The van der Waals surface area contributed by atoms with Gasteiger partial charge in [0.25, 0.3) is 0 Å². The number of hydrogen-bond donors (Lipinski definition) is 1. The zero-order valence-corrected chi connectivity index (χ0v) is 16.1. The summed E-state index contributed by atoms with van der Waals surface area (Å²) in [7, 11) is 0. The molecule has 2 N–H and O–H groups in total. The van der Waals surface area contributed by atoms with Gasteiger partial charge in [0.2, 0.25) is 0 Å². The Labute approximate surface area is 132 Å². The van der Waals surface area contributed by atoms with Crippen molar-refractivity contribution >= 4 is 81.9 Å². The van der Waals surface area contributed by atoms with Crippen LogP contribution in [0.2, 0.25) is 0 Å². The van der Waals surface area contributed by atoms with Gasteiger partial charge < -0.3 is 0 Å². The predicted molar refractivity (Wildman–Crippen MR) is 76.2 cm³/mol. The van der Waals surface area contributed by atoms with Crippen LogP contribution in [0.15, 0.2) is 11.8 Å². The van der Waals surface area contributed by atoms with Crippen molar-refractivity contribution in [2.45, 2.75) is 6.54 Å². The average Bonchev–Trinajstić information content (AvgIpc) is 2.26. The van der Waals surface area contributed by atoms with Crippen molar-refractivity contribution in [3.05, 3.63) is 22.9 Å². The molecule has 0 bridgehead atoms. The molecule has 0 fully saturated rings. The normalized spacial score (nSPS) is 14.7. The molecule has 1 aromatic rings. The van der Waals surface area contributed by atoms with Crippen LogP contribution in [-0.2, 0) is 6.54 Å². The first-order chi connectivity index (χ1) is 7.97. The van der Waals surface area contributed by atoms with Crippen molar-refractivity contribution in [1.29, 1.82) is 5.26 Å². The summed E-state index contributed by atoms with van der Waals surface area (Å²) in [5, 5.41) is 10.6. The topological polar surface area (TPSA) is 53.0 Å². The number of nitrogens with two attached hydrogens (primary N) is 1. The van der Waals surface area contributed by atoms with Gasteiger partial charge in [-0.2, -0.15) is 0 Å². The maximum absolute atomic E-state index is 9.12. The molecule has 3 nitrogen and oxygen atoms in total. The number of allylic oxidation sites excluding steroid dienone is 1. The van der Waals surface area contributed by atoms with Gasteiger partial charge in [-0.15, -0.1) is 0 Å². The summed E-state index contributed by atoms with van der Waals surface area (Å²) in [6.45, 7) is 0.572. The summed E-state index contributed by atoms with van der Waals surface area (Å²) < 4.78 is 4.37. The SMILES string of the molecule is N#CC1=C([SeH])c2c(cc([SeH])c([SeH])c2[SeH])CN1N. The van der Waals surface area contributed by atoms with E-state index in [1.165, 1.54) is 13.9 Å². The second-order valence-electron chi connectivity index (χ2n) is 3.56. The van der Waals surface area contributed by atoms with Gasteiger partial charge in [0.15, 0.2) is 0 Å². The second-order valence-corrected chi connectivity index (χ2v) is 7.39. The van der Waals surface area contributed by atoms with E-state index in [1.54, 1.807) is 0 Å². The number of hydrogen-bond acceptors (Lipinski definition) is 3. The Bertz CT molecular complexity index is 574. The minimum absolute atomic E-state index is 0.523. The molecule has 1 aliphatic rings. The molecule has 0 atom stereocenters. The van der Waals surface area contributed by atoms with Gasteiger partial charge in [0, 0.05) is 0 Å². The van der Waals surface area contributed by atoms with Crippen LogP contribution in [-0.4, -0.2) is 69.1 Å². The van der Waals surface area contributed by atoms with Crippen LogP contribution in [0.5, 0.6) is 0 Å². The molecule has 17 heavy (non-hydrogen) atoms. The molecule has 88 valence electrons. The fourth-order valence-electron chi connectivity index (χ4n) is 1.72. The van der Waals surface area contributed by atoms with Crippen molar-refractivity contribution in [3.8, 4) is 6.07 Å². The zero-order valence-electron chi connectivity index (χ0n) is 8.55. The molecule has 0 aliphatic carbocycles. The first-order valence-electron chi connectivity index (χ1n) is 4.60. The van der Waals surface area contributed by atoms with Crippen LogP contribution in [0.4, 0.5) is 0 Å². The molecule has 0 unspecified atom stereocenters. The summed E-state index contributed by atoms with van der Waals surface area (Å²) in [5.74, 6) is 5.86. The van der Waals surface area contributed by atoms with Crippen molar-refractivity contribution < 1.29 is 0 Å². The molecule has 0 aromatic heterocycles. The third-order valence-corrected chi connectivity index (χ3v) is 7.76. The van der Waals surface area contributed by atoms with E-state index in [4.69, 9.17) is 11.1 Å². The van der Waals surface area contributed by atoms with Crippen LogP contribution < -0.4 is 19.2 Å². The van der Waals surface area contributed by atoms with Gasteiger partial charge in [-0.25, -0.2) is 0 Å².